The number of halogens is 2. The molecule has 0 aliphatic rings. The summed E-state index contributed by atoms with van der Waals surface area (Å²) in [5.74, 6) is -1.16. The van der Waals surface area contributed by atoms with Crippen molar-refractivity contribution < 1.29 is 19.8 Å². The molecule has 0 saturated carbocycles. The van der Waals surface area contributed by atoms with E-state index in [1.165, 1.54) is 18.0 Å². The topological polar surface area (TPSA) is 89.9 Å². The van der Waals surface area contributed by atoms with Gasteiger partial charge in [-0.05, 0) is 41.9 Å². The SMILES string of the molecule is CN(CC(C)(C)O)C(=O)Nc1c(Br)cc(Br)cc1C(=O)O. The van der Waals surface area contributed by atoms with Crippen LogP contribution in [-0.2, 0) is 0 Å². The van der Waals surface area contributed by atoms with Crippen LogP contribution in [0.15, 0.2) is 21.1 Å². The first-order valence-corrected chi connectivity index (χ1v) is 7.56. The van der Waals surface area contributed by atoms with Crippen molar-refractivity contribution in [1.82, 2.24) is 4.90 Å². The summed E-state index contributed by atoms with van der Waals surface area (Å²) in [4.78, 5) is 24.6. The predicted molar refractivity (Wildman–Crippen MR) is 86.7 cm³/mol. The molecule has 1 aromatic rings. The van der Waals surface area contributed by atoms with Crippen LogP contribution in [0, 0.1) is 0 Å². The minimum absolute atomic E-state index is 0.0405. The van der Waals surface area contributed by atoms with Gasteiger partial charge in [-0.1, -0.05) is 15.9 Å². The molecular formula is C13H16Br2N2O4. The molecular weight excluding hydrogens is 408 g/mol. The zero-order valence-electron chi connectivity index (χ0n) is 11.8. The second-order valence-corrected chi connectivity index (χ2v) is 6.98. The van der Waals surface area contributed by atoms with Gasteiger partial charge in [0.2, 0.25) is 0 Å². The first kappa shape index (κ1) is 17.9. The van der Waals surface area contributed by atoms with Crippen molar-refractivity contribution in [1.29, 1.82) is 0 Å². The molecule has 1 rings (SSSR count). The second kappa shape index (κ2) is 6.76. The lowest BCUT2D eigenvalue weighted by Gasteiger charge is -2.26. The van der Waals surface area contributed by atoms with E-state index < -0.39 is 17.6 Å². The number of urea groups is 1. The highest BCUT2D eigenvalue weighted by atomic mass is 79.9. The van der Waals surface area contributed by atoms with Gasteiger partial charge in [0.25, 0.3) is 0 Å². The number of carbonyl (C=O) groups excluding carboxylic acids is 1. The number of anilines is 1. The molecule has 8 heteroatoms. The summed E-state index contributed by atoms with van der Waals surface area (Å²) < 4.78 is 1.02. The molecule has 116 valence electrons. The summed E-state index contributed by atoms with van der Waals surface area (Å²) in [5.41, 5.74) is -0.918. The van der Waals surface area contributed by atoms with E-state index in [0.29, 0.717) is 8.95 Å². The van der Waals surface area contributed by atoms with Crippen LogP contribution in [-0.4, -0.2) is 46.3 Å². The van der Waals surface area contributed by atoms with E-state index in [1.807, 2.05) is 0 Å². The Labute approximate surface area is 139 Å². The van der Waals surface area contributed by atoms with Crippen LogP contribution in [0.1, 0.15) is 24.2 Å². The van der Waals surface area contributed by atoms with Gasteiger partial charge in [-0.3, -0.25) is 0 Å². The first-order chi connectivity index (χ1) is 9.51. The molecule has 0 saturated heterocycles. The summed E-state index contributed by atoms with van der Waals surface area (Å²) in [6.07, 6.45) is 0. The Bertz CT molecular complexity index is 570. The molecule has 21 heavy (non-hydrogen) atoms. The molecule has 0 aliphatic heterocycles. The standard InChI is InChI=1S/C13H16Br2N2O4/c1-13(2,21)6-17(3)12(20)16-10-8(11(18)19)4-7(14)5-9(10)15/h4-5,21H,6H2,1-3H3,(H,16,20)(H,18,19). The number of carboxylic acid groups (broad SMARTS) is 1. The molecule has 0 atom stereocenters. The number of carboxylic acids is 1. The molecule has 0 fully saturated rings. The second-order valence-electron chi connectivity index (χ2n) is 5.21. The van der Waals surface area contributed by atoms with Gasteiger partial charge in [0, 0.05) is 16.0 Å². The maximum atomic E-state index is 12.1. The number of benzene rings is 1. The first-order valence-electron chi connectivity index (χ1n) is 5.98. The highest BCUT2D eigenvalue weighted by Crippen LogP contribution is 2.31. The normalized spacial score (nSPS) is 11.1. The highest BCUT2D eigenvalue weighted by Gasteiger charge is 2.22. The van der Waals surface area contributed by atoms with Gasteiger partial charge in [0.05, 0.1) is 23.4 Å². The number of hydrogen-bond acceptors (Lipinski definition) is 3. The number of aliphatic hydroxyl groups is 1. The fourth-order valence-electron chi connectivity index (χ4n) is 1.72. The number of nitrogens with one attached hydrogen (secondary N) is 1. The average Bonchev–Trinajstić information content (AvgIpc) is 2.29. The minimum atomic E-state index is -1.16. The van der Waals surface area contributed by atoms with Gasteiger partial charge in [-0.2, -0.15) is 0 Å². The van der Waals surface area contributed by atoms with Crippen molar-refractivity contribution in [2.24, 2.45) is 0 Å². The van der Waals surface area contributed by atoms with E-state index in [9.17, 15) is 19.8 Å². The molecule has 0 heterocycles. The Kier molecular flexibility index (Phi) is 5.77. The predicted octanol–water partition coefficient (Wildman–Crippen LogP) is 3.14. The van der Waals surface area contributed by atoms with Crippen LogP contribution in [0.4, 0.5) is 10.5 Å². The van der Waals surface area contributed by atoms with E-state index in [4.69, 9.17) is 0 Å². The van der Waals surface area contributed by atoms with Crippen LogP contribution in [0.5, 0.6) is 0 Å². The van der Waals surface area contributed by atoms with Crippen LogP contribution in [0.2, 0.25) is 0 Å². The largest absolute Gasteiger partial charge is 0.478 e. The molecule has 0 aliphatic carbocycles. The van der Waals surface area contributed by atoms with Crippen molar-refractivity contribution >= 4 is 49.5 Å². The summed E-state index contributed by atoms with van der Waals surface area (Å²) in [6.45, 7) is 3.26. The van der Waals surface area contributed by atoms with E-state index in [-0.39, 0.29) is 17.8 Å². The lowest BCUT2D eigenvalue weighted by molar-refractivity contribution is 0.0550. The zero-order chi connectivity index (χ0) is 16.4. The lowest BCUT2D eigenvalue weighted by Crippen LogP contribution is -2.41. The van der Waals surface area contributed by atoms with Gasteiger partial charge in [-0.25, -0.2) is 9.59 Å². The number of carbonyl (C=O) groups is 2. The molecule has 0 aromatic heterocycles. The molecule has 2 amide bonds. The van der Waals surface area contributed by atoms with Gasteiger partial charge in [0.15, 0.2) is 0 Å². The average molecular weight is 424 g/mol. The Balaban J connectivity index is 3.02. The summed E-state index contributed by atoms with van der Waals surface area (Å²) in [5, 5.41) is 21.4. The summed E-state index contributed by atoms with van der Waals surface area (Å²) in [6, 6.07) is 2.53. The molecule has 0 spiro atoms. The van der Waals surface area contributed by atoms with Crippen molar-refractivity contribution in [2.45, 2.75) is 19.4 Å². The van der Waals surface area contributed by atoms with E-state index >= 15 is 0 Å². The van der Waals surface area contributed by atoms with Gasteiger partial charge in [-0.15, -0.1) is 0 Å². The quantitative estimate of drug-likeness (QED) is 0.693. The fourth-order valence-corrected chi connectivity index (χ4v) is 3.05. The third-order valence-electron chi connectivity index (χ3n) is 2.49. The van der Waals surface area contributed by atoms with Crippen LogP contribution in [0.3, 0.4) is 0 Å². The van der Waals surface area contributed by atoms with E-state index in [1.54, 1.807) is 19.9 Å². The third kappa shape index (κ3) is 5.29. The number of rotatable bonds is 4. The molecule has 6 nitrogen and oxygen atoms in total. The van der Waals surface area contributed by atoms with Gasteiger partial charge in [0.1, 0.15) is 0 Å². The number of aromatic carboxylic acids is 1. The maximum Gasteiger partial charge on any atom is 0.337 e. The Morgan fingerprint density at radius 2 is 1.90 bits per heavy atom. The molecule has 1 aromatic carbocycles. The number of likely N-dealkylation sites (N-methyl/N-ethyl adjacent to an activating group) is 1. The minimum Gasteiger partial charge on any atom is -0.478 e. The maximum absolute atomic E-state index is 12.1. The van der Waals surface area contributed by atoms with E-state index in [0.717, 1.165) is 0 Å². The van der Waals surface area contributed by atoms with E-state index in [2.05, 4.69) is 37.2 Å². The monoisotopic (exact) mass is 422 g/mol. The molecule has 0 radical (unpaired) electrons. The van der Waals surface area contributed by atoms with Crippen LogP contribution < -0.4 is 5.32 Å². The highest BCUT2D eigenvalue weighted by molar-refractivity contribution is 9.11. The van der Waals surface area contributed by atoms with Gasteiger partial charge >= 0.3 is 12.0 Å². The Morgan fingerprint density at radius 3 is 2.38 bits per heavy atom. The molecule has 3 N–H and O–H groups in total. The van der Waals surface area contributed by atoms with Crippen LogP contribution in [0.25, 0.3) is 0 Å². The Hall–Kier alpha value is -1.12. The fraction of sp³-hybridized carbons (Fsp3) is 0.385. The van der Waals surface area contributed by atoms with Crippen molar-refractivity contribution in [2.75, 3.05) is 18.9 Å². The number of hydrogen-bond donors (Lipinski definition) is 3. The number of amides is 2. The van der Waals surface area contributed by atoms with Crippen LogP contribution >= 0.6 is 31.9 Å². The number of nitrogens with zero attached hydrogens (tertiary/aromatic N) is 1. The van der Waals surface area contributed by atoms with Crippen molar-refractivity contribution in [3.8, 4) is 0 Å². The molecule has 0 bridgehead atoms. The summed E-state index contributed by atoms with van der Waals surface area (Å²) in [7, 11) is 1.51. The van der Waals surface area contributed by atoms with Crippen molar-refractivity contribution in [3.63, 3.8) is 0 Å². The smallest absolute Gasteiger partial charge is 0.337 e. The van der Waals surface area contributed by atoms with Crippen molar-refractivity contribution in [3.05, 3.63) is 26.6 Å². The van der Waals surface area contributed by atoms with Gasteiger partial charge < -0.3 is 20.4 Å². The Morgan fingerprint density at radius 1 is 1.33 bits per heavy atom. The zero-order valence-corrected chi connectivity index (χ0v) is 14.9. The third-order valence-corrected chi connectivity index (χ3v) is 3.57. The molecule has 0 unspecified atom stereocenters. The lowest BCUT2D eigenvalue weighted by atomic mass is 10.1. The summed E-state index contributed by atoms with van der Waals surface area (Å²) >= 11 is 6.43.